The summed E-state index contributed by atoms with van der Waals surface area (Å²) in [6.07, 6.45) is 3.17. The van der Waals surface area contributed by atoms with E-state index < -0.39 is 0 Å². The molecule has 0 aliphatic carbocycles. The Morgan fingerprint density at radius 1 is 1.75 bits per heavy atom. The number of aliphatic hydroxyl groups excluding tert-OH is 1. The van der Waals surface area contributed by atoms with E-state index in [9.17, 15) is 4.79 Å². The fourth-order valence-electron chi connectivity index (χ4n) is 0.964. The van der Waals surface area contributed by atoms with Gasteiger partial charge in [-0.25, -0.2) is 0 Å². The predicted octanol–water partition coefficient (Wildman–Crippen LogP) is 0.673. The summed E-state index contributed by atoms with van der Waals surface area (Å²) in [5.74, 6) is 0.0907. The van der Waals surface area contributed by atoms with Crippen LogP contribution in [0.2, 0.25) is 0 Å². The van der Waals surface area contributed by atoms with E-state index in [0.717, 1.165) is 18.4 Å². The molecule has 1 fully saturated rings. The number of allylic oxidation sites excluding steroid dienone is 1. The van der Waals surface area contributed by atoms with Gasteiger partial charge in [-0.2, -0.15) is 0 Å². The van der Waals surface area contributed by atoms with Gasteiger partial charge in [0.1, 0.15) is 6.10 Å². The maximum Gasteiger partial charge on any atom is 0.189 e. The molecule has 3 nitrogen and oxygen atoms in total. The topological polar surface area (TPSA) is 49.8 Å². The summed E-state index contributed by atoms with van der Waals surface area (Å²) in [4.78, 5) is 11.2. The molecule has 1 N–H and O–H groups in total. The first-order valence-corrected chi connectivity index (χ1v) is 4.19. The molecule has 0 aromatic heterocycles. The molecule has 0 spiro atoms. The van der Waals surface area contributed by atoms with Crippen LogP contribution in [-0.4, -0.2) is 30.2 Å². The molecular formula is C9H14O3. The summed E-state index contributed by atoms with van der Waals surface area (Å²) < 4.78 is 4.86. The molecule has 1 aliphatic rings. The highest BCUT2D eigenvalue weighted by Gasteiger charge is 2.31. The van der Waals surface area contributed by atoms with E-state index in [1.54, 1.807) is 6.92 Å². The van der Waals surface area contributed by atoms with Crippen LogP contribution in [-0.2, 0) is 9.53 Å². The molecule has 1 heterocycles. The molecule has 1 rings (SSSR count). The van der Waals surface area contributed by atoms with E-state index in [1.807, 2.05) is 6.08 Å². The number of hydrogen-bond donors (Lipinski definition) is 1. The molecule has 1 aliphatic heterocycles. The lowest BCUT2D eigenvalue weighted by atomic mass is 10.1. The molecule has 0 bridgehead atoms. The van der Waals surface area contributed by atoms with Gasteiger partial charge in [-0.05, 0) is 25.3 Å². The van der Waals surface area contributed by atoms with Gasteiger partial charge < -0.3 is 9.84 Å². The maximum atomic E-state index is 11.2. The second-order valence-electron chi connectivity index (χ2n) is 2.94. The first kappa shape index (κ1) is 9.42. The van der Waals surface area contributed by atoms with Gasteiger partial charge in [-0.15, -0.1) is 0 Å². The van der Waals surface area contributed by atoms with E-state index in [-0.39, 0.29) is 18.5 Å². The molecule has 0 aromatic rings. The molecule has 1 atom stereocenters. The average molecular weight is 170 g/mol. The Labute approximate surface area is 72.0 Å². The SMILES string of the molecule is CC(=CCCCO)C(=O)C1CO1. The Morgan fingerprint density at radius 3 is 2.92 bits per heavy atom. The highest BCUT2D eigenvalue weighted by Crippen LogP contribution is 2.15. The normalized spacial score (nSPS) is 22.5. The van der Waals surface area contributed by atoms with Gasteiger partial charge in [0, 0.05) is 6.61 Å². The third kappa shape index (κ3) is 2.75. The highest BCUT2D eigenvalue weighted by atomic mass is 16.6. The van der Waals surface area contributed by atoms with E-state index >= 15 is 0 Å². The zero-order valence-corrected chi connectivity index (χ0v) is 7.25. The van der Waals surface area contributed by atoms with Crippen LogP contribution < -0.4 is 0 Å². The van der Waals surface area contributed by atoms with Crippen molar-refractivity contribution >= 4 is 5.78 Å². The van der Waals surface area contributed by atoms with Gasteiger partial charge in [0.2, 0.25) is 0 Å². The quantitative estimate of drug-likeness (QED) is 0.375. The molecule has 0 radical (unpaired) electrons. The number of hydrogen-bond acceptors (Lipinski definition) is 3. The van der Waals surface area contributed by atoms with Crippen molar-refractivity contribution in [1.82, 2.24) is 0 Å². The van der Waals surface area contributed by atoms with E-state index in [2.05, 4.69) is 0 Å². The second-order valence-corrected chi connectivity index (χ2v) is 2.94. The summed E-state index contributed by atoms with van der Waals surface area (Å²) in [6, 6.07) is 0. The van der Waals surface area contributed by atoms with Gasteiger partial charge in [-0.1, -0.05) is 6.08 Å². The minimum Gasteiger partial charge on any atom is -0.396 e. The van der Waals surface area contributed by atoms with E-state index in [1.165, 1.54) is 0 Å². The molecule has 1 saturated heterocycles. The van der Waals surface area contributed by atoms with Gasteiger partial charge in [0.15, 0.2) is 5.78 Å². The minimum absolute atomic E-state index is 0.0907. The van der Waals surface area contributed by atoms with Crippen molar-refractivity contribution in [2.75, 3.05) is 13.2 Å². The monoisotopic (exact) mass is 170 g/mol. The first-order valence-electron chi connectivity index (χ1n) is 4.19. The molecule has 1 unspecified atom stereocenters. The molecule has 68 valence electrons. The largest absolute Gasteiger partial charge is 0.396 e. The smallest absolute Gasteiger partial charge is 0.189 e. The Kier molecular flexibility index (Phi) is 3.44. The number of Topliss-reactive ketones (excluding diaryl/α,β-unsaturated/α-hetero) is 1. The molecule has 0 amide bonds. The van der Waals surface area contributed by atoms with Crippen LogP contribution in [0.25, 0.3) is 0 Å². The number of epoxide rings is 1. The summed E-state index contributed by atoms with van der Waals surface area (Å²) >= 11 is 0. The Morgan fingerprint density at radius 2 is 2.42 bits per heavy atom. The van der Waals surface area contributed by atoms with Crippen LogP contribution in [0.1, 0.15) is 19.8 Å². The van der Waals surface area contributed by atoms with Gasteiger partial charge in [-0.3, -0.25) is 4.79 Å². The Balaban J connectivity index is 2.28. The van der Waals surface area contributed by atoms with Crippen molar-refractivity contribution < 1.29 is 14.6 Å². The van der Waals surface area contributed by atoms with Gasteiger partial charge in [0.05, 0.1) is 6.61 Å². The standard InChI is InChI=1S/C9H14O3/c1-7(4-2-3-5-10)9(11)8-6-12-8/h4,8,10H,2-3,5-6H2,1H3. The molecular weight excluding hydrogens is 156 g/mol. The number of ketones is 1. The number of unbranched alkanes of at least 4 members (excludes halogenated alkanes) is 1. The Hall–Kier alpha value is -0.670. The van der Waals surface area contributed by atoms with Crippen LogP contribution in [0.5, 0.6) is 0 Å². The molecule has 0 aromatic carbocycles. The van der Waals surface area contributed by atoms with Crippen molar-refractivity contribution in [2.45, 2.75) is 25.9 Å². The van der Waals surface area contributed by atoms with Crippen molar-refractivity contribution in [3.63, 3.8) is 0 Å². The fraction of sp³-hybridized carbons (Fsp3) is 0.667. The number of aliphatic hydroxyl groups is 1. The van der Waals surface area contributed by atoms with Gasteiger partial charge >= 0.3 is 0 Å². The van der Waals surface area contributed by atoms with Crippen molar-refractivity contribution in [2.24, 2.45) is 0 Å². The number of carbonyl (C=O) groups is 1. The summed E-state index contributed by atoms with van der Waals surface area (Å²) in [6.45, 7) is 2.54. The van der Waals surface area contributed by atoms with E-state index in [4.69, 9.17) is 9.84 Å². The van der Waals surface area contributed by atoms with Gasteiger partial charge in [0.25, 0.3) is 0 Å². The van der Waals surface area contributed by atoms with Crippen LogP contribution in [0.3, 0.4) is 0 Å². The number of carbonyl (C=O) groups excluding carboxylic acids is 1. The fourth-order valence-corrected chi connectivity index (χ4v) is 0.964. The second kappa shape index (κ2) is 4.38. The number of ether oxygens (including phenoxy) is 1. The van der Waals surface area contributed by atoms with Crippen molar-refractivity contribution in [3.8, 4) is 0 Å². The predicted molar refractivity (Wildman–Crippen MR) is 44.8 cm³/mol. The third-order valence-corrected chi connectivity index (χ3v) is 1.83. The zero-order valence-electron chi connectivity index (χ0n) is 7.25. The minimum atomic E-state index is -0.171. The molecule has 3 heteroatoms. The summed E-state index contributed by atoms with van der Waals surface area (Å²) in [5, 5.41) is 8.50. The highest BCUT2D eigenvalue weighted by molar-refractivity contribution is 5.99. The lowest BCUT2D eigenvalue weighted by molar-refractivity contribution is -0.116. The van der Waals surface area contributed by atoms with Crippen molar-refractivity contribution in [3.05, 3.63) is 11.6 Å². The lowest BCUT2D eigenvalue weighted by Crippen LogP contribution is -2.07. The summed E-state index contributed by atoms with van der Waals surface area (Å²) in [5.41, 5.74) is 0.756. The zero-order chi connectivity index (χ0) is 8.97. The number of rotatable bonds is 5. The van der Waals surface area contributed by atoms with Crippen LogP contribution >= 0.6 is 0 Å². The first-order chi connectivity index (χ1) is 5.75. The maximum absolute atomic E-state index is 11.2. The summed E-state index contributed by atoms with van der Waals surface area (Å²) in [7, 11) is 0. The van der Waals surface area contributed by atoms with E-state index in [0.29, 0.717) is 6.61 Å². The van der Waals surface area contributed by atoms with Crippen LogP contribution in [0, 0.1) is 0 Å². The third-order valence-electron chi connectivity index (χ3n) is 1.83. The van der Waals surface area contributed by atoms with Crippen LogP contribution in [0.15, 0.2) is 11.6 Å². The molecule has 0 saturated carbocycles. The lowest BCUT2D eigenvalue weighted by Gasteiger charge is -1.95. The average Bonchev–Trinajstić information content (AvgIpc) is 2.86. The Bertz CT molecular complexity index is 192. The molecule has 12 heavy (non-hydrogen) atoms. The van der Waals surface area contributed by atoms with Crippen LogP contribution in [0.4, 0.5) is 0 Å². The van der Waals surface area contributed by atoms with Crippen molar-refractivity contribution in [1.29, 1.82) is 0 Å².